The van der Waals surface area contributed by atoms with Crippen LogP contribution in [0.2, 0.25) is 0 Å². The second-order valence-corrected chi connectivity index (χ2v) is 6.17. The largest absolute Gasteiger partial charge is 0.466 e. The number of esters is 1. The van der Waals surface area contributed by atoms with Crippen LogP contribution in [0.5, 0.6) is 0 Å². The fourth-order valence-electron chi connectivity index (χ4n) is 3.06. The second kappa shape index (κ2) is 7.59. The predicted octanol–water partition coefficient (Wildman–Crippen LogP) is 2.06. The Balaban J connectivity index is 2.08. The highest BCUT2D eigenvalue weighted by molar-refractivity contribution is 5.83. The SMILES string of the molecule is CCOC(=O)CCn1nc(C)c2c(C)n(-c3cccc([N+](=O)[O-])c3)nc2c1=O. The summed E-state index contributed by atoms with van der Waals surface area (Å²) in [6, 6.07) is 6.01. The molecule has 0 bridgehead atoms. The van der Waals surface area contributed by atoms with Gasteiger partial charge in [0, 0.05) is 12.1 Å². The summed E-state index contributed by atoms with van der Waals surface area (Å²) in [4.78, 5) is 34.9. The van der Waals surface area contributed by atoms with Gasteiger partial charge in [-0.15, -0.1) is 0 Å². The van der Waals surface area contributed by atoms with E-state index in [-0.39, 0.29) is 30.8 Å². The molecule has 1 aromatic carbocycles. The first kappa shape index (κ1) is 19.2. The monoisotopic (exact) mass is 385 g/mol. The third kappa shape index (κ3) is 3.48. The van der Waals surface area contributed by atoms with Gasteiger partial charge in [-0.25, -0.2) is 9.36 Å². The Bertz CT molecular complexity index is 1130. The Morgan fingerprint density at radius 1 is 1.29 bits per heavy atom. The quantitative estimate of drug-likeness (QED) is 0.361. The first-order chi connectivity index (χ1) is 13.3. The zero-order chi connectivity index (χ0) is 20.4. The van der Waals surface area contributed by atoms with E-state index in [0.717, 1.165) is 0 Å². The molecule has 3 rings (SSSR count). The van der Waals surface area contributed by atoms with Crippen LogP contribution >= 0.6 is 0 Å². The number of carbonyl (C=O) groups excluding carboxylic acids is 1. The van der Waals surface area contributed by atoms with Crippen LogP contribution in [0.1, 0.15) is 24.7 Å². The summed E-state index contributed by atoms with van der Waals surface area (Å²) in [6.45, 7) is 5.57. The number of hydrogen-bond donors (Lipinski definition) is 0. The number of aromatic nitrogens is 4. The van der Waals surface area contributed by atoms with Crippen LogP contribution in [-0.4, -0.2) is 37.1 Å². The number of nitro groups is 1. The maximum atomic E-state index is 12.8. The lowest BCUT2D eigenvalue weighted by Crippen LogP contribution is -2.25. The number of carbonyl (C=O) groups is 1. The van der Waals surface area contributed by atoms with Gasteiger partial charge >= 0.3 is 5.97 Å². The Hall–Kier alpha value is -3.56. The van der Waals surface area contributed by atoms with Gasteiger partial charge in [0.05, 0.1) is 47.0 Å². The summed E-state index contributed by atoms with van der Waals surface area (Å²) < 4.78 is 7.56. The van der Waals surface area contributed by atoms with Crippen molar-refractivity contribution >= 4 is 22.6 Å². The molecule has 0 aliphatic rings. The van der Waals surface area contributed by atoms with E-state index in [9.17, 15) is 19.7 Å². The number of aryl methyl sites for hydroxylation is 3. The van der Waals surface area contributed by atoms with Crippen molar-refractivity contribution in [2.75, 3.05) is 6.61 Å². The Morgan fingerprint density at radius 3 is 2.71 bits per heavy atom. The summed E-state index contributed by atoms with van der Waals surface area (Å²) >= 11 is 0. The van der Waals surface area contributed by atoms with Gasteiger partial charge < -0.3 is 4.74 Å². The van der Waals surface area contributed by atoms with Crippen molar-refractivity contribution in [3.63, 3.8) is 0 Å². The average molecular weight is 385 g/mol. The number of ether oxygens (including phenoxy) is 1. The fourth-order valence-corrected chi connectivity index (χ4v) is 3.06. The van der Waals surface area contributed by atoms with Crippen LogP contribution in [0.25, 0.3) is 16.6 Å². The maximum absolute atomic E-state index is 12.8. The first-order valence-electron chi connectivity index (χ1n) is 8.71. The lowest BCUT2D eigenvalue weighted by Gasteiger charge is -2.06. The van der Waals surface area contributed by atoms with Crippen molar-refractivity contribution in [2.24, 2.45) is 0 Å². The van der Waals surface area contributed by atoms with Crippen molar-refractivity contribution in [3.8, 4) is 5.69 Å². The standard InChI is InChI=1S/C18H19N5O5/c1-4-28-15(24)8-9-21-18(25)17-16(11(2)19-21)12(3)22(20-17)13-6-5-7-14(10-13)23(26)27/h5-7,10H,4,8-9H2,1-3H3. The third-order valence-corrected chi connectivity index (χ3v) is 4.30. The molecule has 146 valence electrons. The van der Waals surface area contributed by atoms with Crippen LogP contribution in [0.3, 0.4) is 0 Å². The molecule has 3 aromatic rings. The molecular formula is C18H19N5O5. The summed E-state index contributed by atoms with van der Waals surface area (Å²) in [5, 5.41) is 20.3. The van der Waals surface area contributed by atoms with Crippen LogP contribution in [-0.2, 0) is 16.1 Å². The summed E-state index contributed by atoms with van der Waals surface area (Å²) in [6.07, 6.45) is 0.0241. The maximum Gasteiger partial charge on any atom is 0.307 e. The van der Waals surface area contributed by atoms with Gasteiger partial charge in [0.2, 0.25) is 0 Å². The minimum Gasteiger partial charge on any atom is -0.466 e. The van der Waals surface area contributed by atoms with Gasteiger partial charge in [0.15, 0.2) is 5.52 Å². The van der Waals surface area contributed by atoms with Crippen LogP contribution in [0.15, 0.2) is 29.1 Å². The fraction of sp³-hybridized carbons (Fsp3) is 0.333. The van der Waals surface area contributed by atoms with E-state index in [4.69, 9.17) is 4.74 Å². The molecule has 2 aromatic heterocycles. The van der Waals surface area contributed by atoms with E-state index in [1.807, 2.05) is 0 Å². The predicted molar refractivity (Wildman–Crippen MR) is 101 cm³/mol. The molecule has 0 spiro atoms. The first-order valence-corrected chi connectivity index (χ1v) is 8.71. The third-order valence-electron chi connectivity index (χ3n) is 4.30. The molecule has 0 unspecified atom stereocenters. The van der Waals surface area contributed by atoms with Crippen molar-refractivity contribution in [3.05, 3.63) is 56.1 Å². The van der Waals surface area contributed by atoms with Crippen molar-refractivity contribution in [2.45, 2.75) is 33.7 Å². The van der Waals surface area contributed by atoms with E-state index in [1.165, 1.54) is 21.5 Å². The Kier molecular flexibility index (Phi) is 5.21. The average Bonchev–Trinajstić information content (AvgIpc) is 3.02. The number of non-ortho nitro benzene ring substituents is 1. The van der Waals surface area contributed by atoms with Crippen molar-refractivity contribution in [1.29, 1.82) is 0 Å². The molecule has 0 atom stereocenters. The van der Waals surface area contributed by atoms with E-state index in [2.05, 4.69) is 10.2 Å². The Morgan fingerprint density at radius 2 is 2.04 bits per heavy atom. The second-order valence-electron chi connectivity index (χ2n) is 6.17. The summed E-state index contributed by atoms with van der Waals surface area (Å²) in [7, 11) is 0. The number of benzene rings is 1. The van der Waals surface area contributed by atoms with E-state index < -0.39 is 16.5 Å². The molecule has 0 saturated carbocycles. The summed E-state index contributed by atoms with van der Waals surface area (Å²) in [5.74, 6) is -0.410. The van der Waals surface area contributed by atoms with Gasteiger partial charge in [-0.05, 0) is 26.8 Å². The smallest absolute Gasteiger partial charge is 0.307 e. The van der Waals surface area contributed by atoms with E-state index in [1.54, 1.807) is 32.9 Å². The molecule has 28 heavy (non-hydrogen) atoms. The topological polar surface area (TPSA) is 122 Å². The molecule has 0 saturated heterocycles. The van der Waals surface area contributed by atoms with E-state index >= 15 is 0 Å². The van der Waals surface area contributed by atoms with Gasteiger partial charge in [-0.3, -0.25) is 19.7 Å². The molecule has 0 N–H and O–H groups in total. The van der Waals surface area contributed by atoms with Crippen LogP contribution in [0.4, 0.5) is 5.69 Å². The molecule has 0 radical (unpaired) electrons. The zero-order valence-electron chi connectivity index (χ0n) is 15.7. The van der Waals surface area contributed by atoms with Gasteiger partial charge in [-0.1, -0.05) is 6.07 Å². The summed E-state index contributed by atoms with van der Waals surface area (Å²) in [5.41, 5.74) is 1.39. The van der Waals surface area contributed by atoms with E-state index in [0.29, 0.717) is 22.5 Å². The normalized spacial score (nSPS) is 11.0. The molecule has 2 heterocycles. The zero-order valence-corrected chi connectivity index (χ0v) is 15.7. The van der Waals surface area contributed by atoms with Crippen molar-refractivity contribution < 1.29 is 14.5 Å². The lowest BCUT2D eigenvalue weighted by atomic mass is 10.2. The minimum absolute atomic E-state index is 0.0241. The molecule has 0 fully saturated rings. The number of rotatable bonds is 6. The van der Waals surface area contributed by atoms with Gasteiger partial charge in [0.25, 0.3) is 11.2 Å². The molecule has 0 aliphatic carbocycles. The number of hydrogen-bond acceptors (Lipinski definition) is 7. The van der Waals surface area contributed by atoms with Crippen LogP contribution in [0, 0.1) is 24.0 Å². The molecular weight excluding hydrogens is 366 g/mol. The number of nitrogens with zero attached hydrogens (tertiary/aromatic N) is 5. The van der Waals surface area contributed by atoms with Crippen molar-refractivity contribution in [1.82, 2.24) is 19.6 Å². The highest BCUT2D eigenvalue weighted by Gasteiger charge is 2.19. The highest BCUT2D eigenvalue weighted by atomic mass is 16.6. The van der Waals surface area contributed by atoms with Gasteiger partial charge in [0.1, 0.15) is 0 Å². The highest BCUT2D eigenvalue weighted by Crippen LogP contribution is 2.23. The minimum atomic E-state index is -0.489. The molecule has 0 amide bonds. The number of nitro benzene ring substituents is 1. The molecule has 0 aliphatic heterocycles. The molecule has 10 nitrogen and oxygen atoms in total. The molecule has 10 heteroatoms. The number of fused-ring (bicyclic) bond motifs is 1. The van der Waals surface area contributed by atoms with Crippen LogP contribution < -0.4 is 5.56 Å². The Labute approximate surface area is 159 Å². The lowest BCUT2D eigenvalue weighted by molar-refractivity contribution is -0.384. The van der Waals surface area contributed by atoms with Gasteiger partial charge in [-0.2, -0.15) is 10.2 Å².